The Morgan fingerprint density at radius 2 is 1.95 bits per heavy atom. The third-order valence-electron chi connectivity index (χ3n) is 2.61. The Hall–Kier alpha value is -1.73. The van der Waals surface area contributed by atoms with Crippen molar-refractivity contribution in [3.05, 3.63) is 35.9 Å². The van der Waals surface area contributed by atoms with Gasteiger partial charge in [-0.15, -0.1) is 0 Å². The van der Waals surface area contributed by atoms with Crippen LogP contribution in [0.3, 0.4) is 0 Å². The lowest BCUT2D eigenvalue weighted by molar-refractivity contribution is -0.138. The number of hydrogen-bond donors (Lipinski definition) is 2. The van der Waals surface area contributed by atoms with E-state index in [1.54, 1.807) is 0 Å². The summed E-state index contributed by atoms with van der Waals surface area (Å²) >= 11 is 0. The lowest BCUT2D eigenvalue weighted by Gasteiger charge is -2.11. The van der Waals surface area contributed by atoms with Crippen molar-refractivity contribution in [3.63, 3.8) is 0 Å². The van der Waals surface area contributed by atoms with Crippen LogP contribution in [0.25, 0.3) is 0 Å². The molecule has 0 radical (unpaired) electrons. The van der Waals surface area contributed by atoms with E-state index in [-0.39, 0.29) is 5.75 Å². The number of benzene rings is 1. The highest BCUT2D eigenvalue weighted by Crippen LogP contribution is 2.04. The Morgan fingerprint density at radius 3 is 2.50 bits per heavy atom. The van der Waals surface area contributed by atoms with Gasteiger partial charge in [0.15, 0.2) is 0 Å². The van der Waals surface area contributed by atoms with Gasteiger partial charge >= 0.3 is 5.97 Å². The molecule has 2 N–H and O–H groups in total. The number of carboxylic acids is 1. The molecule has 1 aromatic rings. The first-order chi connectivity index (χ1) is 9.43. The number of aldehydes is 1. The minimum atomic E-state index is -3.65. The van der Waals surface area contributed by atoms with Crippen molar-refractivity contribution in [2.45, 2.75) is 25.3 Å². The first-order valence-corrected chi connectivity index (χ1v) is 7.79. The summed E-state index contributed by atoms with van der Waals surface area (Å²) in [4.78, 5) is 21.1. The van der Waals surface area contributed by atoms with Crippen molar-refractivity contribution >= 4 is 22.3 Å². The van der Waals surface area contributed by atoms with Crippen molar-refractivity contribution in [3.8, 4) is 0 Å². The molecular weight excluding hydrogens is 282 g/mol. The molecule has 0 fully saturated rings. The molecule has 0 heterocycles. The topological polar surface area (TPSA) is 101 Å². The maximum atomic E-state index is 11.7. The highest BCUT2D eigenvalue weighted by molar-refractivity contribution is 7.89. The third kappa shape index (κ3) is 6.44. The molecule has 0 aliphatic heterocycles. The minimum Gasteiger partial charge on any atom is -0.481 e. The average molecular weight is 299 g/mol. The van der Waals surface area contributed by atoms with Crippen LogP contribution in [0.1, 0.15) is 18.4 Å². The Bertz CT molecular complexity index is 541. The average Bonchev–Trinajstić information content (AvgIpc) is 2.38. The molecule has 0 amide bonds. The van der Waals surface area contributed by atoms with Crippen molar-refractivity contribution in [2.75, 3.05) is 5.75 Å². The number of carbonyl (C=O) groups is 2. The summed E-state index contributed by atoms with van der Waals surface area (Å²) in [6, 6.07) is 8.21. The van der Waals surface area contributed by atoms with Gasteiger partial charge in [-0.3, -0.25) is 4.79 Å². The van der Waals surface area contributed by atoms with E-state index in [4.69, 9.17) is 5.11 Å². The Morgan fingerprint density at radius 1 is 1.30 bits per heavy atom. The van der Waals surface area contributed by atoms with Crippen molar-refractivity contribution in [1.82, 2.24) is 4.72 Å². The molecule has 6 nitrogen and oxygen atoms in total. The fourth-order valence-electron chi connectivity index (χ4n) is 1.71. The zero-order valence-corrected chi connectivity index (χ0v) is 11.7. The third-order valence-corrected chi connectivity index (χ3v) is 4.10. The number of aliphatic carboxylic acids is 1. The SMILES string of the molecule is O=C[C@H](CC(=O)O)NS(=O)(=O)CCCc1ccccc1. The molecule has 0 saturated carbocycles. The number of sulfonamides is 1. The van der Waals surface area contributed by atoms with Crippen molar-refractivity contribution < 1.29 is 23.1 Å². The van der Waals surface area contributed by atoms with E-state index in [9.17, 15) is 18.0 Å². The molecular formula is C13H17NO5S. The Labute approximate surface area is 117 Å². The molecule has 0 bridgehead atoms. The van der Waals surface area contributed by atoms with E-state index < -0.39 is 28.5 Å². The Balaban J connectivity index is 2.45. The van der Waals surface area contributed by atoms with Crippen molar-refractivity contribution in [1.29, 1.82) is 0 Å². The molecule has 1 aromatic carbocycles. The highest BCUT2D eigenvalue weighted by atomic mass is 32.2. The lowest BCUT2D eigenvalue weighted by atomic mass is 10.1. The monoisotopic (exact) mass is 299 g/mol. The summed E-state index contributed by atoms with van der Waals surface area (Å²) in [7, 11) is -3.65. The summed E-state index contributed by atoms with van der Waals surface area (Å²) in [5.41, 5.74) is 1.03. The second-order valence-electron chi connectivity index (χ2n) is 4.37. The summed E-state index contributed by atoms with van der Waals surface area (Å²) in [6.45, 7) is 0. The van der Waals surface area contributed by atoms with Gasteiger partial charge in [0.2, 0.25) is 10.0 Å². The second-order valence-corrected chi connectivity index (χ2v) is 6.24. The number of nitrogens with one attached hydrogen (secondary N) is 1. The number of aryl methyl sites for hydroxylation is 1. The molecule has 1 atom stereocenters. The summed E-state index contributed by atoms with van der Waals surface area (Å²) in [5.74, 6) is -1.37. The maximum Gasteiger partial charge on any atom is 0.305 e. The van der Waals surface area contributed by atoms with Gasteiger partial charge in [0, 0.05) is 0 Å². The molecule has 0 aliphatic carbocycles. The molecule has 1 rings (SSSR count). The number of rotatable bonds is 9. The smallest absolute Gasteiger partial charge is 0.305 e. The van der Waals surface area contributed by atoms with E-state index in [1.807, 2.05) is 30.3 Å². The summed E-state index contributed by atoms with van der Waals surface area (Å²) in [5, 5.41) is 8.54. The van der Waals surface area contributed by atoms with E-state index >= 15 is 0 Å². The molecule has 110 valence electrons. The minimum absolute atomic E-state index is 0.147. The van der Waals surface area contributed by atoms with Crippen LogP contribution in [0.15, 0.2) is 30.3 Å². The fourth-order valence-corrected chi connectivity index (χ4v) is 2.95. The highest BCUT2D eigenvalue weighted by Gasteiger charge is 2.19. The van der Waals surface area contributed by atoms with Gasteiger partial charge in [0.05, 0.1) is 18.2 Å². The van der Waals surface area contributed by atoms with Crippen LogP contribution in [-0.2, 0) is 26.0 Å². The zero-order chi connectivity index (χ0) is 15.0. The first-order valence-electron chi connectivity index (χ1n) is 6.14. The largest absolute Gasteiger partial charge is 0.481 e. The van der Waals surface area contributed by atoms with Crippen LogP contribution in [-0.4, -0.2) is 37.6 Å². The van der Waals surface area contributed by atoms with Gasteiger partial charge in [0.1, 0.15) is 6.29 Å². The quantitative estimate of drug-likeness (QED) is 0.650. The van der Waals surface area contributed by atoms with E-state index in [0.717, 1.165) is 5.56 Å². The fraction of sp³-hybridized carbons (Fsp3) is 0.385. The van der Waals surface area contributed by atoms with Crippen molar-refractivity contribution in [2.24, 2.45) is 0 Å². The molecule has 0 aliphatic rings. The van der Waals surface area contributed by atoms with E-state index in [2.05, 4.69) is 4.72 Å². The first kappa shape index (κ1) is 16.3. The normalized spacial score (nSPS) is 12.8. The van der Waals surface area contributed by atoms with Crippen LogP contribution < -0.4 is 4.72 Å². The van der Waals surface area contributed by atoms with E-state index in [0.29, 0.717) is 19.1 Å². The lowest BCUT2D eigenvalue weighted by Crippen LogP contribution is -2.39. The molecule has 0 spiro atoms. The van der Waals surface area contributed by atoms with Gasteiger partial charge < -0.3 is 9.90 Å². The van der Waals surface area contributed by atoms with Crippen LogP contribution in [0.5, 0.6) is 0 Å². The maximum absolute atomic E-state index is 11.7. The van der Waals surface area contributed by atoms with Gasteiger partial charge in [-0.05, 0) is 18.4 Å². The molecule has 0 saturated heterocycles. The van der Waals surface area contributed by atoms with Gasteiger partial charge in [-0.25, -0.2) is 13.1 Å². The van der Waals surface area contributed by atoms with Crippen LogP contribution in [0, 0.1) is 0 Å². The van der Waals surface area contributed by atoms with Gasteiger partial charge in [-0.2, -0.15) is 0 Å². The van der Waals surface area contributed by atoms with Crippen LogP contribution in [0.2, 0.25) is 0 Å². The standard InChI is InChI=1S/C13H17NO5S/c15-10-12(9-13(16)17)14-20(18,19)8-4-7-11-5-2-1-3-6-11/h1-3,5-6,10,12,14H,4,7-9H2,(H,16,17)/t12-/m0/s1. The second kappa shape index (κ2) is 7.76. The molecule has 0 unspecified atom stereocenters. The Kier molecular flexibility index (Phi) is 6.33. The zero-order valence-electron chi connectivity index (χ0n) is 10.9. The number of carbonyl (C=O) groups excluding carboxylic acids is 1. The number of carboxylic acid groups (broad SMARTS) is 1. The molecule has 20 heavy (non-hydrogen) atoms. The summed E-state index contributed by atoms with van der Waals surface area (Å²) < 4.78 is 25.5. The number of hydrogen-bond acceptors (Lipinski definition) is 4. The predicted octanol–water partition coefficient (Wildman–Crippen LogP) is 0.581. The van der Waals surface area contributed by atoms with E-state index in [1.165, 1.54) is 0 Å². The van der Waals surface area contributed by atoms with Crippen LogP contribution in [0.4, 0.5) is 0 Å². The molecule has 7 heteroatoms. The summed E-state index contributed by atoms with van der Waals surface area (Å²) in [6.07, 6.45) is 0.745. The van der Waals surface area contributed by atoms with Gasteiger partial charge in [0.25, 0.3) is 0 Å². The van der Waals surface area contributed by atoms with Gasteiger partial charge in [-0.1, -0.05) is 30.3 Å². The predicted molar refractivity (Wildman–Crippen MR) is 73.8 cm³/mol. The molecule has 0 aromatic heterocycles. The van der Waals surface area contributed by atoms with Crippen LogP contribution >= 0.6 is 0 Å².